The van der Waals surface area contributed by atoms with Crippen LogP contribution in [0.5, 0.6) is 0 Å². The van der Waals surface area contributed by atoms with E-state index in [0.717, 1.165) is 49.4 Å². The molecule has 8 heteroatoms. The molecule has 2 saturated heterocycles. The minimum atomic E-state index is -3.74. The van der Waals surface area contributed by atoms with Gasteiger partial charge in [0.1, 0.15) is 6.04 Å². The molecule has 0 aromatic heterocycles. The predicted octanol–water partition coefficient (Wildman–Crippen LogP) is 3.01. The maximum atomic E-state index is 13.5. The Morgan fingerprint density at radius 3 is 2.29 bits per heavy atom. The van der Waals surface area contributed by atoms with Gasteiger partial charge in [0.2, 0.25) is 15.9 Å². The van der Waals surface area contributed by atoms with E-state index in [1.165, 1.54) is 15.6 Å². The van der Waals surface area contributed by atoms with E-state index in [4.69, 9.17) is 0 Å². The maximum Gasteiger partial charge on any atom is 0.244 e. The third kappa shape index (κ3) is 5.71. The first-order valence-electron chi connectivity index (χ1n) is 12.6. The van der Waals surface area contributed by atoms with Gasteiger partial charge in [0.25, 0.3) is 0 Å². The van der Waals surface area contributed by atoms with Gasteiger partial charge in [-0.1, -0.05) is 29.8 Å². The van der Waals surface area contributed by atoms with Gasteiger partial charge in [-0.3, -0.25) is 9.69 Å². The van der Waals surface area contributed by atoms with E-state index in [0.29, 0.717) is 30.8 Å². The van der Waals surface area contributed by atoms with Crippen molar-refractivity contribution in [1.82, 2.24) is 14.5 Å². The standard InChI is InChI=1S/C27H38N4O3S/c1-20-7-5-8-24(19-20)30-15-13-29(14-16-30)12-10-28-27(32)25-9-6-11-31(25)35(33,34)26-22(3)17-21(2)18-23(26)4/h5,7-8,17-19,25H,6,9-16H2,1-4H3,(H,28,32). The number of benzene rings is 2. The Kier molecular flexibility index (Phi) is 7.83. The molecule has 2 aliphatic heterocycles. The summed E-state index contributed by atoms with van der Waals surface area (Å²) >= 11 is 0. The largest absolute Gasteiger partial charge is 0.369 e. The fourth-order valence-electron chi connectivity index (χ4n) is 5.49. The second-order valence-electron chi connectivity index (χ2n) is 9.96. The molecule has 2 aliphatic rings. The maximum absolute atomic E-state index is 13.5. The first-order valence-corrected chi connectivity index (χ1v) is 14.0. The molecule has 2 aromatic carbocycles. The van der Waals surface area contributed by atoms with Crippen LogP contribution in [0.2, 0.25) is 0 Å². The molecule has 0 aliphatic carbocycles. The molecule has 1 amide bonds. The minimum Gasteiger partial charge on any atom is -0.369 e. The first-order chi connectivity index (χ1) is 16.7. The van der Waals surface area contributed by atoms with Crippen molar-refractivity contribution in [1.29, 1.82) is 0 Å². The summed E-state index contributed by atoms with van der Waals surface area (Å²) in [5, 5.41) is 3.01. The Morgan fingerprint density at radius 2 is 1.63 bits per heavy atom. The van der Waals surface area contributed by atoms with Crippen LogP contribution in [0, 0.1) is 27.7 Å². The molecule has 1 unspecified atom stereocenters. The normalized spacial score (nSPS) is 19.8. The van der Waals surface area contributed by atoms with Crippen molar-refractivity contribution in [3.05, 3.63) is 58.7 Å². The number of anilines is 1. The average molecular weight is 499 g/mol. The Bertz CT molecular complexity index is 1150. The summed E-state index contributed by atoms with van der Waals surface area (Å²) in [6, 6.07) is 11.7. The monoisotopic (exact) mass is 498 g/mol. The van der Waals surface area contributed by atoms with Gasteiger partial charge in [-0.25, -0.2) is 8.42 Å². The molecular formula is C27H38N4O3S. The SMILES string of the molecule is Cc1cccc(N2CCN(CCNC(=O)C3CCCN3S(=O)(=O)c3c(C)cc(C)cc3C)CC2)c1. The summed E-state index contributed by atoms with van der Waals surface area (Å²) in [5.74, 6) is -0.188. The van der Waals surface area contributed by atoms with E-state index in [1.54, 1.807) is 0 Å². The van der Waals surface area contributed by atoms with E-state index < -0.39 is 16.1 Å². The number of sulfonamides is 1. The molecule has 7 nitrogen and oxygen atoms in total. The van der Waals surface area contributed by atoms with Crippen LogP contribution in [0.4, 0.5) is 5.69 Å². The number of carbonyl (C=O) groups is 1. The molecule has 2 heterocycles. The van der Waals surface area contributed by atoms with Crippen molar-refractivity contribution >= 4 is 21.6 Å². The second kappa shape index (κ2) is 10.7. The number of rotatable bonds is 7. The molecule has 0 spiro atoms. The summed E-state index contributed by atoms with van der Waals surface area (Å²) < 4.78 is 28.5. The lowest BCUT2D eigenvalue weighted by Crippen LogP contribution is -2.50. The zero-order chi connectivity index (χ0) is 25.2. The van der Waals surface area contributed by atoms with Gasteiger partial charge < -0.3 is 10.2 Å². The summed E-state index contributed by atoms with van der Waals surface area (Å²) in [7, 11) is -3.74. The van der Waals surface area contributed by atoms with E-state index in [1.807, 2.05) is 32.9 Å². The highest BCUT2D eigenvalue weighted by atomic mass is 32.2. The highest BCUT2D eigenvalue weighted by molar-refractivity contribution is 7.89. The number of hydrogen-bond acceptors (Lipinski definition) is 5. The molecule has 2 fully saturated rings. The molecule has 1 atom stereocenters. The van der Waals surface area contributed by atoms with Crippen molar-refractivity contribution in [2.45, 2.75) is 51.5 Å². The highest BCUT2D eigenvalue weighted by Crippen LogP contribution is 2.30. The minimum absolute atomic E-state index is 0.188. The van der Waals surface area contributed by atoms with Crippen molar-refractivity contribution in [3.8, 4) is 0 Å². The summed E-state index contributed by atoms with van der Waals surface area (Å²) in [6.45, 7) is 13.2. The summed E-state index contributed by atoms with van der Waals surface area (Å²) in [5.41, 5.74) is 5.04. The van der Waals surface area contributed by atoms with Crippen molar-refractivity contribution in [2.75, 3.05) is 50.7 Å². The third-order valence-corrected chi connectivity index (χ3v) is 9.36. The fraction of sp³-hybridized carbons (Fsp3) is 0.519. The predicted molar refractivity (Wildman–Crippen MR) is 140 cm³/mol. The quantitative estimate of drug-likeness (QED) is 0.635. The van der Waals surface area contributed by atoms with Gasteiger partial charge in [0.15, 0.2) is 0 Å². The van der Waals surface area contributed by atoms with Crippen LogP contribution in [0.25, 0.3) is 0 Å². The lowest BCUT2D eigenvalue weighted by atomic mass is 10.1. The topological polar surface area (TPSA) is 73.0 Å². The molecule has 35 heavy (non-hydrogen) atoms. The molecule has 190 valence electrons. The highest BCUT2D eigenvalue weighted by Gasteiger charge is 2.40. The Hall–Kier alpha value is -2.42. The van der Waals surface area contributed by atoms with Crippen LogP contribution >= 0.6 is 0 Å². The lowest BCUT2D eigenvalue weighted by molar-refractivity contribution is -0.124. The van der Waals surface area contributed by atoms with E-state index >= 15 is 0 Å². The molecule has 0 saturated carbocycles. The molecule has 4 rings (SSSR count). The lowest BCUT2D eigenvalue weighted by Gasteiger charge is -2.36. The van der Waals surface area contributed by atoms with Gasteiger partial charge in [-0.05, 0) is 69.4 Å². The molecule has 0 radical (unpaired) electrons. The zero-order valence-electron chi connectivity index (χ0n) is 21.4. The first kappa shape index (κ1) is 25.7. The number of amides is 1. The van der Waals surface area contributed by atoms with Crippen molar-refractivity contribution in [3.63, 3.8) is 0 Å². The van der Waals surface area contributed by atoms with Gasteiger partial charge in [-0.15, -0.1) is 0 Å². The van der Waals surface area contributed by atoms with Gasteiger partial charge >= 0.3 is 0 Å². The van der Waals surface area contributed by atoms with E-state index in [9.17, 15) is 13.2 Å². The molecule has 2 aromatic rings. The van der Waals surface area contributed by atoms with Gasteiger partial charge in [-0.2, -0.15) is 4.31 Å². The third-order valence-electron chi connectivity index (χ3n) is 7.14. The molecular weight excluding hydrogens is 460 g/mol. The van der Waals surface area contributed by atoms with Gasteiger partial charge in [0, 0.05) is 51.5 Å². The van der Waals surface area contributed by atoms with Gasteiger partial charge in [0.05, 0.1) is 4.90 Å². The molecule has 0 bridgehead atoms. The smallest absolute Gasteiger partial charge is 0.244 e. The van der Waals surface area contributed by atoms with Crippen LogP contribution in [0.15, 0.2) is 41.3 Å². The van der Waals surface area contributed by atoms with E-state index in [2.05, 4.69) is 46.3 Å². The Labute approximate surface area is 210 Å². The van der Waals surface area contributed by atoms with E-state index in [-0.39, 0.29) is 5.91 Å². The Balaban J connectivity index is 1.31. The van der Waals surface area contributed by atoms with Crippen LogP contribution in [-0.2, 0) is 14.8 Å². The fourth-order valence-corrected chi connectivity index (χ4v) is 7.56. The van der Waals surface area contributed by atoms with Crippen LogP contribution < -0.4 is 10.2 Å². The number of carbonyl (C=O) groups excluding carboxylic acids is 1. The van der Waals surface area contributed by atoms with Crippen molar-refractivity contribution < 1.29 is 13.2 Å². The number of piperazine rings is 1. The number of nitrogens with zero attached hydrogens (tertiary/aromatic N) is 3. The zero-order valence-corrected chi connectivity index (χ0v) is 22.2. The van der Waals surface area contributed by atoms with Crippen LogP contribution in [0.1, 0.15) is 35.1 Å². The Morgan fingerprint density at radius 1 is 0.943 bits per heavy atom. The van der Waals surface area contributed by atoms with Crippen molar-refractivity contribution in [2.24, 2.45) is 0 Å². The average Bonchev–Trinajstić information content (AvgIpc) is 3.30. The number of nitrogens with one attached hydrogen (secondary N) is 1. The number of hydrogen-bond donors (Lipinski definition) is 1. The summed E-state index contributed by atoms with van der Waals surface area (Å²) in [4.78, 5) is 18.1. The molecule has 1 N–H and O–H groups in total. The number of aryl methyl sites for hydroxylation is 4. The second-order valence-corrected chi connectivity index (χ2v) is 11.8. The van der Waals surface area contributed by atoms with Crippen LogP contribution in [0.3, 0.4) is 0 Å². The van der Waals surface area contributed by atoms with Crippen LogP contribution in [-0.4, -0.2) is 75.4 Å². The summed E-state index contributed by atoms with van der Waals surface area (Å²) in [6.07, 6.45) is 1.26.